The van der Waals surface area contributed by atoms with Crippen LogP contribution in [0.25, 0.3) is 0 Å². The van der Waals surface area contributed by atoms with Crippen molar-refractivity contribution in [2.24, 2.45) is 0 Å². The number of aromatic amines is 1. The number of H-pyrrole nitrogens is 1. The number of anilines is 1. The van der Waals surface area contributed by atoms with Crippen molar-refractivity contribution in [2.45, 2.75) is 44.1 Å². The Labute approximate surface area is 154 Å². The van der Waals surface area contributed by atoms with E-state index in [0.29, 0.717) is 12.5 Å². The number of hydrogen-bond donors (Lipinski definition) is 3. The Balaban J connectivity index is 1.29. The molecule has 1 aliphatic carbocycles. The number of carbonyl (C=O) groups is 1. The molecule has 2 heterocycles. The van der Waals surface area contributed by atoms with Gasteiger partial charge in [-0.3, -0.25) is 14.8 Å². The van der Waals surface area contributed by atoms with Gasteiger partial charge in [0, 0.05) is 5.92 Å². The van der Waals surface area contributed by atoms with E-state index in [4.69, 9.17) is 5.73 Å². The molecule has 1 aromatic carbocycles. The second-order valence-electron chi connectivity index (χ2n) is 7.50. The number of piperidine rings is 1. The highest BCUT2D eigenvalue weighted by molar-refractivity contribution is 5.78. The van der Waals surface area contributed by atoms with E-state index in [1.165, 1.54) is 11.1 Å². The number of carbonyl (C=O) groups excluding carboxylic acids is 1. The van der Waals surface area contributed by atoms with E-state index in [2.05, 4.69) is 44.7 Å². The van der Waals surface area contributed by atoms with Crippen LogP contribution in [0, 0.1) is 0 Å². The van der Waals surface area contributed by atoms with Gasteiger partial charge in [-0.05, 0) is 56.3 Å². The minimum absolute atomic E-state index is 0.131. The van der Waals surface area contributed by atoms with Crippen molar-refractivity contribution in [2.75, 3.05) is 25.4 Å². The van der Waals surface area contributed by atoms with Crippen LogP contribution < -0.4 is 11.1 Å². The van der Waals surface area contributed by atoms with Gasteiger partial charge >= 0.3 is 0 Å². The number of amides is 1. The molecule has 6 heteroatoms. The predicted octanol–water partition coefficient (Wildman–Crippen LogP) is 2.37. The number of likely N-dealkylation sites (tertiary alicyclic amines) is 1. The molecule has 2 aliphatic rings. The van der Waals surface area contributed by atoms with Crippen LogP contribution in [-0.4, -0.2) is 40.6 Å². The lowest BCUT2D eigenvalue weighted by Crippen LogP contribution is -2.42. The predicted molar refractivity (Wildman–Crippen MR) is 102 cm³/mol. The molecule has 1 atom stereocenters. The van der Waals surface area contributed by atoms with E-state index >= 15 is 0 Å². The van der Waals surface area contributed by atoms with E-state index in [-0.39, 0.29) is 11.9 Å². The normalized spacial score (nSPS) is 21.3. The van der Waals surface area contributed by atoms with E-state index in [1.54, 1.807) is 6.20 Å². The van der Waals surface area contributed by atoms with Crippen molar-refractivity contribution in [1.82, 2.24) is 20.4 Å². The summed E-state index contributed by atoms with van der Waals surface area (Å²) in [5.41, 5.74) is 10.4. The Morgan fingerprint density at radius 2 is 2.08 bits per heavy atom. The second kappa shape index (κ2) is 7.50. The summed E-state index contributed by atoms with van der Waals surface area (Å²) in [4.78, 5) is 14.8. The number of rotatable bonds is 4. The van der Waals surface area contributed by atoms with Gasteiger partial charge in [0.2, 0.25) is 5.91 Å². The first-order valence-corrected chi connectivity index (χ1v) is 9.59. The lowest BCUT2D eigenvalue weighted by atomic mass is 9.88. The number of benzene rings is 1. The average molecular weight is 353 g/mol. The van der Waals surface area contributed by atoms with Crippen molar-refractivity contribution in [3.05, 3.63) is 47.3 Å². The molecular weight excluding hydrogens is 326 g/mol. The van der Waals surface area contributed by atoms with Crippen LogP contribution in [0.5, 0.6) is 0 Å². The molecule has 1 amide bonds. The number of aryl methyl sites for hydroxylation is 1. The highest BCUT2D eigenvalue weighted by Crippen LogP contribution is 2.31. The van der Waals surface area contributed by atoms with Crippen LogP contribution in [-0.2, 0) is 11.2 Å². The van der Waals surface area contributed by atoms with Gasteiger partial charge in [-0.1, -0.05) is 24.3 Å². The average Bonchev–Trinajstić information content (AvgIpc) is 3.09. The maximum atomic E-state index is 12.6. The number of fused-ring (bicyclic) bond motifs is 1. The maximum absolute atomic E-state index is 12.6. The number of hydrogen-bond acceptors (Lipinski definition) is 4. The summed E-state index contributed by atoms with van der Waals surface area (Å²) in [6, 6.07) is 8.64. The van der Waals surface area contributed by atoms with Crippen LogP contribution in [0.2, 0.25) is 0 Å². The maximum Gasteiger partial charge on any atom is 0.234 e. The summed E-state index contributed by atoms with van der Waals surface area (Å²) >= 11 is 0. The second-order valence-corrected chi connectivity index (χ2v) is 7.50. The Morgan fingerprint density at radius 1 is 1.27 bits per heavy atom. The van der Waals surface area contributed by atoms with Gasteiger partial charge in [-0.15, -0.1) is 0 Å². The number of nitrogens with zero attached hydrogens (tertiary/aromatic N) is 2. The van der Waals surface area contributed by atoms with Crippen molar-refractivity contribution in [3.8, 4) is 0 Å². The summed E-state index contributed by atoms with van der Waals surface area (Å²) < 4.78 is 0. The fourth-order valence-electron chi connectivity index (χ4n) is 4.36. The Hall–Kier alpha value is -2.34. The van der Waals surface area contributed by atoms with E-state index in [1.807, 2.05) is 0 Å². The van der Waals surface area contributed by atoms with Crippen LogP contribution >= 0.6 is 0 Å². The van der Waals surface area contributed by atoms with Crippen molar-refractivity contribution in [3.63, 3.8) is 0 Å². The topological polar surface area (TPSA) is 87.0 Å². The van der Waals surface area contributed by atoms with Gasteiger partial charge in [0.05, 0.1) is 30.2 Å². The summed E-state index contributed by atoms with van der Waals surface area (Å²) in [5, 5.41) is 10.3. The SMILES string of the molecule is Nc1cn[nH]c1C1CCN(CC(=O)NC2CCCc3ccccc32)CC1. The van der Waals surface area contributed by atoms with E-state index < -0.39 is 0 Å². The molecule has 6 nitrogen and oxygen atoms in total. The summed E-state index contributed by atoms with van der Waals surface area (Å²) in [5.74, 6) is 0.549. The monoisotopic (exact) mass is 353 g/mol. The van der Waals surface area contributed by atoms with Crippen molar-refractivity contribution >= 4 is 11.6 Å². The zero-order chi connectivity index (χ0) is 17.9. The van der Waals surface area contributed by atoms with E-state index in [0.717, 1.165) is 56.6 Å². The lowest BCUT2D eigenvalue weighted by molar-refractivity contribution is -0.123. The molecule has 2 aromatic rings. The first-order valence-electron chi connectivity index (χ1n) is 9.59. The standard InChI is InChI=1S/C20H27N5O/c21-17-12-22-24-20(17)15-8-10-25(11-9-15)13-19(26)23-18-7-3-5-14-4-1-2-6-16(14)18/h1-2,4,6,12,15,18H,3,5,7-11,13,21H2,(H,22,24)(H,23,26). The van der Waals surface area contributed by atoms with Crippen molar-refractivity contribution in [1.29, 1.82) is 0 Å². The molecule has 26 heavy (non-hydrogen) atoms. The molecule has 138 valence electrons. The van der Waals surface area contributed by atoms with Gasteiger partial charge in [0.25, 0.3) is 0 Å². The van der Waals surface area contributed by atoms with Gasteiger partial charge in [0.1, 0.15) is 0 Å². The number of nitrogens with one attached hydrogen (secondary N) is 2. The fraction of sp³-hybridized carbons (Fsp3) is 0.500. The third-order valence-corrected chi connectivity index (χ3v) is 5.77. The quantitative estimate of drug-likeness (QED) is 0.787. The van der Waals surface area contributed by atoms with Gasteiger partial charge in [-0.2, -0.15) is 5.10 Å². The number of nitrogen functional groups attached to an aromatic ring is 1. The molecule has 4 rings (SSSR count). The zero-order valence-corrected chi connectivity index (χ0v) is 15.1. The minimum atomic E-state index is 0.131. The third kappa shape index (κ3) is 3.60. The van der Waals surface area contributed by atoms with Crippen molar-refractivity contribution < 1.29 is 4.79 Å². The van der Waals surface area contributed by atoms with Crippen LogP contribution in [0.15, 0.2) is 30.5 Å². The van der Waals surface area contributed by atoms with Gasteiger partial charge < -0.3 is 11.1 Å². The lowest BCUT2D eigenvalue weighted by Gasteiger charge is -2.32. The largest absolute Gasteiger partial charge is 0.396 e. The molecule has 0 spiro atoms. The summed E-state index contributed by atoms with van der Waals surface area (Å²) in [6.07, 6.45) is 6.98. The Kier molecular flexibility index (Phi) is 4.93. The Morgan fingerprint density at radius 3 is 2.85 bits per heavy atom. The summed E-state index contributed by atoms with van der Waals surface area (Å²) in [7, 11) is 0. The smallest absolute Gasteiger partial charge is 0.234 e. The first kappa shape index (κ1) is 17.1. The molecule has 4 N–H and O–H groups in total. The molecule has 1 saturated heterocycles. The third-order valence-electron chi connectivity index (χ3n) is 5.77. The highest BCUT2D eigenvalue weighted by atomic mass is 16.2. The molecule has 0 radical (unpaired) electrons. The molecule has 1 aliphatic heterocycles. The molecule has 1 aromatic heterocycles. The van der Waals surface area contributed by atoms with Crippen LogP contribution in [0.4, 0.5) is 5.69 Å². The minimum Gasteiger partial charge on any atom is -0.396 e. The molecule has 0 bridgehead atoms. The van der Waals surface area contributed by atoms with Crippen LogP contribution in [0.1, 0.15) is 54.5 Å². The van der Waals surface area contributed by atoms with Gasteiger partial charge in [-0.25, -0.2) is 0 Å². The molecule has 1 fully saturated rings. The zero-order valence-electron chi connectivity index (χ0n) is 15.1. The van der Waals surface area contributed by atoms with Gasteiger partial charge in [0.15, 0.2) is 0 Å². The number of aromatic nitrogens is 2. The summed E-state index contributed by atoms with van der Waals surface area (Å²) in [6.45, 7) is 2.31. The molecule has 1 unspecified atom stereocenters. The number of nitrogens with two attached hydrogens (primary N) is 1. The first-order chi connectivity index (χ1) is 12.7. The highest BCUT2D eigenvalue weighted by Gasteiger charge is 2.26. The molecule has 0 saturated carbocycles. The molecular formula is C20H27N5O. The fourth-order valence-corrected chi connectivity index (χ4v) is 4.36. The Bertz CT molecular complexity index is 763. The van der Waals surface area contributed by atoms with E-state index in [9.17, 15) is 4.79 Å². The van der Waals surface area contributed by atoms with Crippen LogP contribution in [0.3, 0.4) is 0 Å².